The Morgan fingerprint density at radius 2 is 2.12 bits per heavy atom. The van der Waals surface area contributed by atoms with Gasteiger partial charge in [-0.05, 0) is 18.6 Å². The average molecular weight is 359 g/mol. The Bertz CT molecular complexity index is 579. The van der Waals surface area contributed by atoms with Crippen LogP contribution < -0.4 is 10.1 Å². The van der Waals surface area contributed by atoms with Crippen LogP contribution in [0.3, 0.4) is 0 Å². The van der Waals surface area contributed by atoms with E-state index in [0.29, 0.717) is 19.1 Å². The number of methoxy groups -OCH3 is 1. The monoisotopic (exact) mass is 359 g/mol. The Hall–Kier alpha value is -1.96. The van der Waals surface area contributed by atoms with Gasteiger partial charge in [0.1, 0.15) is 12.4 Å². The lowest BCUT2D eigenvalue weighted by Gasteiger charge is -2.22. The van der Waals surface area contributed by atoms with Crippen LogP contribution in [-0.4, -0.2) is 57.9 Å². The Morgan fingerprint density at radius 3 is 2.80 bits per heavy atom. The number of likely N-dealkylation sites (tertiary alicyclic amines) is 1. The molecule has 0 saturated carbocycles. The van der Waals surface area contributed by atoms with Crippen LogP contribution in [0.2, 0.25) is 0 Å². The first-order valence-corrected chi connectivity index (χ1v) is 8.19. The molecule has 0 bridgehead atoms. The van der Waals surface area contributed by atoms with Gasteiger partial charge in [-0.25, -0.2) is 0 Å². The molecule has 1 aliphatic heterocycles. The molecule has 1 heterocycles. The van der Waals surface area contributed by atoms with Gasteiger partial charge in [-0.15, -0.1) is 0 Å². The van der Waals surface area contributed by atoms with Gasteiger partial charge >= 0.3 is 6.18 Å². The van der Waals surface area contributed by atoms with Crippen LogP contribution in [0, 0.1) is 5.92 Å². The molecule has 1 saturated heterocycles. The lowest BCUT2D eigenvalue weighted by atomic mass is 10.1. The Balaban J connectivity index is 1.81. The first-order valence-electron chi connectivity index (χ1n) is 8.19. The van der Waals surface area contributed by atoms with Crippen molar-refractivity contribution in [3.63, 3.8) is 0 Å². The molecule has 1 atom stereocenters. The van der Waals surface area contributed by atoms with Crippen molar-refractivity contribution < 1.29 is 22.6 Å². The molecule has 0 aromatic heterocycles. The van der Waals surface area contributed by atoms with E-state index in [1.165, 1.54) is 18.2 Å². The number of nitrogens with one attached hydrogen (secondary N) is 1. The summed E-state index contributed by atoms with van der Waals surface area (Å²) in [6.07, 6.45) is -3.39. The summed E-state index contributed by atoms with van der Waals surface area (Å²) in [5, 5.41) is 3.13. The highest BCUT2D eigenvalue weighted by Crippen LogP contribution is 2.35. The lowest BCUT2D eigenvalue weighted by molar-refractivity contribution is -0.138. The van der Waals surface area contributed by atoms with Crippen molar-refractivity contribution in [1.29, 1.82) is 0 Å². The molecule has 0 spiro atoms. The van der Waals surface area contributed by atoms with Crippen LogP contribution in [0.4, 0.5) is 13.2 Å². The molecule has 1 unspecified atom stereocenters. The minimum atomic E-state index is -4.42. The van der Waals surface area contributed by atoms with Gasteiger partial charge in [-0.1, -0.05) is 12.1 Å². The normalized spacial score (nSPS) is 18.5. The van der Waals surface area contributed by atoms with Gasteiger partial charge < -0.3 is 19.7 Å². The molecule has 1 aromatic carbocycles. The quantitative estimate of drug-likeness (QED) is 0.482. The van der Waals surface area contributed by atoms with Crippen LogP contribution in [0.1, 0.15) is 12.0 Å². The summed E-state index contributed by atoms with van der Waals surface area (Å²) < 4.78 is 49.2. The fourth-order valence-electron chi connectivity index (χ4n) is 2.88. The van der Waals surface area contributed by atoms with E-state index in [4.69, 9.17) is 9.47 Å². The van der Waals surface area contributed by atoms with Crippen LogP contribution >= 0.6 is 0 Å². The van der Waals surface area contributed by atoms with Gasteiger partial charge in [0.25, 0.3) is 0 Å². The highest BCUT2D eigenvalue weighted by Gasteiger charge is 2.34. The van der Waals surface area contributed by atoms with Crippen molar-refractivity contribution in [2.45, 2.75) is 12.6 Å². The summed E-state index contributed by atoms with van der Waals surface area (Å²) in [4.78, 5) is 6.34. The maximum absolute atomic E-state index is 12.9. The number of rotatable bonds is 6. The predicted octanol–water partition coefficient (Wildman–Crippen LogP) is 2.63. The van der Waals surface area contributed by atoms with Crippen molar-refractivity contribution in [2.24, 2.45) is 10.9 Å². The molecule has 0 radical (unpaired) electrons. The lowest BCUT2D eigenvalue weighted by Crippen LogP contribution is -2.41. The third kappa shape index (κ3) is 5.52. The highest BCUT2D eigenvalue weighted by molar-refractivity contribution is 5.80. The number of ether oxygens (including phenoxy) is 2. The van der Waals surface area contributed by atoms with Gasteiger partial charge in [0.15, 0.2) is 5.96 Å². The second-order valence-corrected chi connectivity index (χ2v) is 5.87. The van der Waals surface area contributed by atoms with E-state index in [0.717, 1.165) is 31.5 Å². The summed E-state index contributed by atoms with van der Waals surface area (Å²) >= 11 is 0. The Morgan fingerprint density at radius 1 is 1.36 bits per heavy atom. The number of para-hydroxylation sites is 1. The number of guanidine groups is 1. The molecular weight excluding hydrogens is 335 g/mol. The number of hydrogen-bond donors (Lipinski definition) is 1. The van der Waals surface area contributed by atoms with Gasteiger partial charge in [0, 0.05) is 33.2 Å². The van der Waals surface area contributed by atoms with Crippen molar-refractivity contribution in [2.75, 3.05) is 47.0 Å². The van der Waals surface area contributed by atoms with Crippen molar-refractivity contribution in [1.82, 2.24) is 10.2 Å². The molecule has 8 heteroatoms. The first kappa shape index (κ1) is 19.4. The van der Waals surface area contributed by atoms with Crippen LogP contribution in [0.5, 0.6) is 5.75 Å². The second kappa shape index (κ2) is 8.94. The van der Waals surface area contributed by atoms with Gasteiger partial charge in [-0.3, -0.25) is 4.99 Å². The summed E-state index contributed by atoms with van der Waals surface area (Å²) in [6, 6.07) is 5.21. The highest BCUT2D eigenvalue weighted by atomic mass is 19.4. The fourth-order valence-corrected chi connectivity index (χ4v) is 2.88. The molecule has 5 nitrogen and oxygen atoms in total. The molecule has 25 heavy (non-hydrogen) atoms. The number of halogens is 3. The zero-order valence-electron chi connectivity index (χ0n) is 14.5. The van der Waals surface area contributed by atoms with Gasteiger partial charge in [-0.2, -0.15) is 13.2 Å². The number of aliphatic imine (C=N–C) groups is 1. The molecule has 1 aliphatic rings. The van der Waals surface area contributed by atoms with E-state index in [2.05, 4.69) is 15.2 Å². The fraction of sp³-hybridized carbons (Fsp3) is 0.588. The standard InChI is InChI=1S/C17H24F3N3O2/c1-21-16(23-9-7-13(11-23)12-24-2)22-8-10-25-15-6-4-3-5-14(15)17(18,19)20/h3-6,13H,7-12H2,1-2H3,(H,21,22). The number of benzene rings is 1. The molecular formula is C17H24F3N3O2. The third-order valence-electron chi connectivity index (χ3n) is 4.03. The SMILES string of the molecule is CN=C(NCCOc1ccccc1C(F)(F)F)N1CCC(COC)C1. The smallest absolute Gasteiger partial charge is 0.419 e. The van der Waals surface area contributed by atoms with Gasteiger partial charge in [0.05, 0.1) is 18.7 Å². The molecule has 1 N–H and O–H groups in total. The zero-order chi connectivity index (χ0) is 18.3. The first-order chi connectivity index (χ1) is 12.0. The molecule has 1 aromatic rings. The molecule has 0 aliphatic carbocycles. The van der Waals surface area contributed by atoms with Crippen LogP contribution in [-0.2, 0) is 10.9 Å². The summed E-state index contributed by atoms with van der Waals surface area (Å²) in [5.41, 5.74) is -0.763. The Kier molecular flexibility index (Phi) is 6.92. The van der Waals surface area contributed by atoms with Gasteiger partial charge in [0.2, 0.25) is 0 Å². The number of nitrogens with zero attached hydrogens (tertiary/aromatic N) is 2. The maximum Gasteiger partial charge on any atom is 0.419 e. The molecule has 1 fully saturated rings. The van der Waals surface area contributed by atoms with Crippen molar-refractivity contribution >= 4 is 5.96 Å². The van der Waals surface area contributed by atoms with E-state index in [9.17, 15) is 13.2 Å². The maximum atomic E-state index is 12.9. The minimum absolute atomic E-state index is 0.113. The zero-order valence-corrected chi connectivity index (χ0v) is 14.5. The van der Waals surface area contributed by atoms with Crippen molar-refractivity contribution in [3.05, 3.63) is 29.8 Å². The Labute approximate surface area is 145 Å². The van der Waals surface area contributed by atoms with Crippen LogP contribution in [0.25, 0.3) is 0 Å². The van der Waals surface area contributed by atoms with E-state index < -0.39 is 11.7 Å². The molecule has 140 valence electrons. The van der Waals surface area contributed by atoms with E-state index >= 15 is 0 Å². The number of hydrogen-bond acceptors (Lipinski definition) is 3. The minimum Gasteiger partial charge on any atom is -0.491 e. The second-order valence-electron chi connectivity index (χ2n) is 5.87. The molecule has 0 amide bonds. The third-order valence-corrected chi connectivity index (χ3v) is 4.03. The summed E-state index contributed by atoms with van der Waals surface area (Å²) in [7, 11) is 3.37. The van der Waals surface area contributed by atoms with E-state index in [1.54, 1.807) is 14.2 Å². The topological polar surface area (TPSA) is 46.1 Å². The average Bonchev–Trinajstić information content (AvgIpc) is 3.03. The number of alkyl halides is 3. The largest absolute Gasteiger partial charge is 0.491 e. The summed E-state index contributed by atoms with van der Waals surface area (Å²) in [5.74, 6) is 1.04. The predicted molar refractivity (Wildman–Crippen MR) is 89.9 cm³/mol. The van der Waals surface area contributed by atoms with E-state index in [1.807, 2.05) is 0 Å². The van der Waals surface area contributed by atoms with Crippen LogP contribution in [0.15, 0.2) is 29.3 Å². The summed E-state index contributed by atoms with van der Waals surface area (Å²) in [6.45, 7) is 2.92. The van der Waals surface area contributed by atoms with E-state index in [-0.39, 0.29) is 12.4 Å². The van der Waals surface area contributed by atoms with Crippen molar-refractivity contribution in [3.8, 4) is 5.75 Å². The molecule has 2 rings (SSSR count).